The van der Waals surface area contributed by atoms with Crippen LogP contribution in [0.5, 0.6) is 0 Å². The number of amides is 1. The Morgan fingerprint density at radius 1 is 1.16 bits per heavy atom. The third-order valence-corrected chi connectivity index (χ3v) is 4.00. The minimum atomic E-state index is -0.729. The first kappa shape index (κ1) is 16.7. The molecular formula is C19H20N4O2. The third-order valence-electron chi connectivity index (χ3n) is 4.00. The Morgan fingerprint density at radius 2 is 1.88 bits per heavy atom. The molecule has 0 aliphatic heterocycles. The maximum atomic E-state index is 11.8. The molecule has 6 heteroatoms. The molecule has 0 saturated heterocycles. The van der Waals surface area contributed by atoms with Gasteiger partial charge in [0.25, 0.3) is 5.91 Å². The number of nitrogens with zero attached hydrogens (tertiary/aromatic N) is 1. The Labute approximate surface area is 145 Å². The summed E-state index contributed by atoms with van der Waals surface area (Å²) < 4.78 is 0. The number of hydrogen-bond acceptors (Lipinski definition) is 4. The van der Waals surface area contributed by atoms with E-state index >= 15 is 0 Å². The minimum absolute atomic E-state index is 0.240. The number of H-pyrrole nitrogens is 1. The maximum absolute atomic E-state index is 11.8. The van der Waals surface area contributed by atoms with Gasteiger partial charge < -0.3 is 15.7 Å². The first-order valence-corrected chi connectivity index (χ1v) is 8.01. The molecule has 0 aliphatic carbocycles. The van der Waals surface area contributed by atoms with Gasteiger partial charge in [-0.25, -0.2) is 0 Å². The third kappa shape index (κ3) is 3.70. The van der Waals surface area contributed by atoms with Crippen molar-refractivity contribution in [3.05, 3.63) is 83.2 Å². The average molecular weight is 336 g/mol. The van der Waals surface area contributed by atoms with Crippen LogP contribution in [0, 0.1) is 0 Å². The van der Waals surface area contributed by atoms with Crippen LogP contribution in [0.4, 0.5) is 5.69 Å². The summed E-state index contributed by atoms with van der Waals surface area (Å²) in [6.45, 7) is 0.414. The molecule has 0 saturated carbocycles. The molecule has 25 heavy (non-hydrogen) atoms. The minimum Gasteiger partial charge on any atom is -0.384 e. The van der Waals surface area contributed by atoms with Crippen molar-refractivity contribution in [1.29, 1.82) is 0 Å². The first-order valence-electron chi connectivity index (χ1n) is 8.01. The number of benzene rings is 2. The number of aromatic nitrogens is 2. The van der Waals surface area contributed by atoms with E-state index in [1.807, 2.05) is 54.6 Å². The largest absolute Gasteiger partial charge is 0.384 e. The van der Waals surface area contributed by atoms with Gasteiger partial charge >= 0.3 is 0 Å². The van der Waals surface area contributed by atoms with Crippen LogP contribution in [0.3, 0.4) is 0 Å². The summed E-state index contributed by atoms with van der Waals surface area (Å²) in [5.74, 6) is -0.240. The lowest BCUT2D eigenvalue weighted by Gasteiger charge is -2.17. The number of carbonyl (C=O) groups is 1. The van der Waals surface area contributed by atoms with Crippen LogP contribution in [-0.4, -0.2) is 28.3 Å². The first-order chi connectivity index (χ1) is 12.2. The van der Waals surface area contributed by atoms with Crippen LogP contribution in [0.15, 0.2) is 60.8 Å². The van der Waals surface area contributed by atoms with Crippen molar-refractivity contribution in [2.45, 2.75) is 12.6 Å². The molecule has 0 bridgehead atoms. The lowest BCUT2D eigenvalue weighted by Crippen LogP contribution is -2.20. The summed E-state index contributed by atoms with van der Waals surface area (Å²) in [6.07, 6.45) is 0.959. The van der Waals surface area contributed by atoms with E-state index in [0.717, 1.165) is 22.4 Å². The summed E-state index contributed by atoms with van der Waals surface area (Å²) in [6, 6.07) is 17.1. The van der Waals surface area contributed by atoms with Crippen molar-refractivity contribution in [2.24, 2.45) is 0 Å². The zero-order chi connectivity index (χ0) is 17.6. The van der Waals surface area contributed by atoms with E-state index in [-0.39, 0.29) is 5.91 Å². The molecule has 1 heterocycles. The van der Waals surface area contributed by atoms with Gasteiger partial charge in [0.05, 0.1) is 0 Å². The molecule has 6 nitrogen and oxygen atoms in total. The fourth-order valence-electron chi connectivity index (χ4n) is 2.67. The number of hydrogen-bond donors (Lipinski definition) is 4. The standard InChI is InChI=1S/C19H20N4O2/c1-20-19(25)17-14(12-22-23-17)11-21-16-10-6-5-9-15(16)18(24)13-7-3-2-4-8-13/h2-10,12,18,21,24H,11H2,1H3,(H,20,25)(H,22,23). The van der Waals surface area contributed by atoms with Crippen molar-refractivity contribution in [3.8, 4) is 0 Å². The van der Waals surface area contributed by atoms with E-state index in [4.69, 9.17) is 0 Å². The molecule has 1 aromatic heterocycles. The van der Waals surface area contributed by atoms with Crippen molar-refractivity contribution in [3.63, 3.8) is 0 Å². The van der Waals surface area contributed by atoms with Crippen molar-refractivity contribution >= 4 is 11.6 Å². The van der Waals surface area contributed by atoms with E-state index in [1.54, 1.807) is 13.2 Å². The Hall–Kier alpha value is -3.12. The zero-order valence-corrected chi connectivity index (χ0v) is 13.9. The van der Waals surface area contributed by atoms with Crippen LogP contribution in [0.2, 0.25) is 0 Å². The molecule has 128 valence electrons. The van der Waals surface area contributed by atoms with Crippen LogP contribution in [-0.2, 0) is 6.54 Å². The highest BCUT2D eigenvalue weighted by Gasteiger charge is 2.16. The highest BCUT2D eigenvalue weighted by atomic mass is 16.3. The molecule has 1 unspecified atom stereocenters. The second-order valence-electron chi connectivity index (χ2n) is 5.59. The predicted molar refractivity (Wildman–Crippen MR) is 96.3 cm³/mol. The van der Waals surface area contributed by atoms with Crippen molar-refractivity contribution in [1.82, 2.24) is 15.5 Å². The van der Waals surface area contributed by atoms with Crippen LogP contribution >= 0.6 is 0 Å². The number of rotatable bonds is 6. The summed E-state index contributed by atoms with van der Waals surface area (Å²) in [7, 11) is 1.57. The molecule has 2 aromatic carbocycles. The van der Waals surface area contributed by atoms with E-state index in [1.165, 1.54) is 0 Å². The second-order valence-corrected chi connectivity index (χ2v) is 5.59. The Bertz CT molecular complexity index is 845. The van der Waals surface area contributed by atoms with Gasteiger partial charge in [0, 0.05) is 36.6 Å². The van der Waals surface area contributed by atoms with Gasteiger partial charge in [0.2, 0.25) is 0 Å². The number of aliphatic hydroxyl groups excluding tert-OH is 1. The SMILES string of the molecule is CNC(=O)c1n[nH]cc1CNc1ccccc1C(O)c1ccccc1. The van der Waals surface area contributed by atoms with Gasteiger partial charge in [0.15, 0.2) is 5.69 Å². The van der Waals surface area contributed by atoms with E-state index in [0.29, 0.717) is 12.2 Å². The molecule has 0 fully saturated rings. The van der Waals surface area contributed by atoms with Gasteiger partial charge in [-0.3, -0.25) is 9.89 Å². The molecule has 4 N–H and O–H groups in total. The molecule has 3 aromatic rings. The molecule has 3 rings (SSSR count). The lowest BCUT2D eigenvalue weighted by molar-refractivity contribution is 0.0957. The summed E-state index contributed by atoms with van der Waals surface area (Å²) in [5.41, 5.74) is 3.52. The maximum Gasteiger partial charge on any atom is 0.271 e. The van der Waals surface area contributed by atoms with Gasteiger partial charge in [-0.05, 0) is 11.6 Å². The molecule has 0 radical (unpaired) electrons. The fraction of sp³-hybridized carbons (Fsp3) is 0.158. The van der Waals surface area contributed by atoms with Gasteiger partial charge in [-0.1, -0.05) is 48.5 Å². The Kier molecular flexibility index (Phi) is 5.11. The van der Waals surface area contributed by atoms with Crippen molar-refractivity contribution in [2.75, 3.05) is 12.4 Å². The zero-order valence-electron chi connectivity index (χ0n) is 13.9. The smallest absolute Gasteiger partial charge is 0.271 e. The highest BCUT2D eigenvalue weighted by Crippen LogP contribution is 2.28. The average Bonchev–Trinajstić information content (AvgIpc) is 3.14. The number of anilines is 1. The van der Waals surface area contributed by atoms with E-state index in [9.17, 15) is 9.90 Å². The van der Waals surface area contributed by atoms with Crippen molar-refractivity contribution < 1.29 is 9.90 Å². The predicted octanol–water partition coefficient (Wildman–Crippen LogP) is 2.46. The number of nitrogens with one attached hydrogen (secondary N) is 3. The molecule has 0 aliphatic rings. The number of carbonyl (C=O) groups excluding carboxylic acids is 1. The monoisotopic (exact) mass is 336 g/mol. The lowest BCUT2D eigenvalue weighted by atomic mass is 10.00. The van der Waals surface area contributed by atoms with E-state index in [2.05, 4.69) is 20.8 Å². The normalized spacial score (nSPS) is 11.8. The Morgan fingerprint density at radius 3 is 2.64 bits per heavy atom. The number of aromatic amines is 1. The van der Waals surface area contributed by atoms with Gasteiger partial charge in [0.1, 0.15) is 6.10 Å². The second kappa shape index (κ2) is 7.63. The molecule has 0 spiro atoms. The molecular weight excluding hydrogens is 316 g/mol. The highest BCUT2D eigenvalue weighted by molar-refractivity contribution is 5.93. The van der Waals surface area contributed by atoms with E-state index < -0.39 is 6.10 Å². The summed E-state index contributed by atoms with van der Waals surface area (Å²) in [5, 5.41) is 23.2. The quantitative estimate of drug-likeness (QED) is 0.557. The van der Waals surface area contributed by atoms with Gasteiger partial charge in [-0.15, -0.1) is 0 Å². The number of aliphatic hydroxyl groups is 1. The van der Waals surface area contributed by atoms with Crippen LogP contribution in [0.1, 0.15) is 33.3 Å². The Balaban J connectivity index is 1.80. The molecule has 1 atom stereocenters. The summed E-state index contributed by atoms with van der Waals surface area (Å²) in [4.78, 5) is 11.8. The fourth-order valence-corrected chi connectivity index (χ4v) is 2.67. The topological polar surface area (TPSA) is 90.0 Å². The van der Waals surface area contributed by atoms with Gasteiger partial charge in [-0.2, -0.15) is 5.10 Å². The number of para-hydroxylation sites is 1. The summed E-state index contributed by atoms with van der Waals surface area (Å²) >= 11 is 0. The van der Waals surface area contributed by atoms with Crippen LogP contribution < -0.4 is 10.6 Å². The van der Waals surface area contributed by atoms with Crippen LogP contribution in [0.25, 0.3) is 0 Å². The molecule has 1 amide bonds.